The molecule has 0 aromatic carbocycles. The van der Waals surface area contributed by atoms with Crippen molar-refractivity contribution in [3.05, 3.63) is 0 Å². The number of rotatable bonds is 21. The first-order chi connectivity index (χ1) is 21.0. The van der Waals surface area contributed by atoms with Gasteiger partial charge in [-0.3, -0.25) is 0 Å². The van der Waals surface area contributed by atoms with Gasteiger partial charge in [-0.2, -0.15) is 101 Å². The molecule has 0 N–H and O–H groups in total. The summed E-state index contributed by atoms with van der Waals surface area (Å²) in [5.41, 5.74) is 0. The van der Waals surface area contributed by atoms with E-state index in [-0.39, 0.29) is 12.8 Å². The van der Waals surface area contributed by atoms with Crippen LogP contribution in [0.2, 0.25) is 0 Å². The first-order valence-corrected chi connectivity index (χ1v) is 13.8. The quantitative estimate of drug-likeness (QED) is 0.0806. The van der Waals surface area contributed by atoms with Gasteiger partial charge in [0.05, 0.1) is 0 Å². The second kappa shape index (κ2) is 14.6. The Labute approximate surface area is 257 Å². The maximum Gasteiger partial charge on any atom is 0.460 e. The van der Waals surface area contributed by atoms with E-state index in [1.54, 1.807) is 0 Å². The second-order valence-electron chi connectivity index (χ2n) is 11.3. The zero-order valence-corrected chi connectivity index (χ0v) is 24.5. The molecule has 0 aromatic heterocycles. The van der Waals surface area contributed by atoms with Gasteiger partial charge in [-0.05, 0) is 12.3 Å². The van der Waals surface area contributed by atoms with Crippen LogP contribution in [0.25, 0.3) is 0 Å². The van der Waals surface area contributed by atoms with Crippen molar-refractivity contribution in [1.29, 1.82) is 0 Å². The second-order valence-corrected chi connectivity index (χ2v) is 11.3. The fourth-order valence-corrected chi connectivity index (χ4v) is 4.05. The Bertz CT molecular complexity index is 1010. The molecule has 1 unspecified atom stereocenters. The monoisotopic (exact) mass is 766 g/mol. The lowest BCUT2D eigenvalue weighted by molar-refractivity contribution is -0.478. The Morgan fingerprint density at radius 1 is 0.333 bits per heavy atom. The van der Waals surface area contributed by atoms with Gasteiger partial charge in [0, 0.05) is 6.42 Å². The van der Waals surface area contributed by atoms with E-state index in [2.05, 4.69) is 0 Å². The van der Waals surface area contributed by atoms with Crippen molar-refractivity contribution >= 4 is 0 Å². The van der Waals surface area contributed by atoms with Crippen LogP contribution >= 0.6 is 0 Å². The molecule has 48 heavy (non-hydrogen) atoms. The molecule has 0 saturated heterocycles. The summed E-state index contributed by atoms with van der Waals surface area (Å²) >= 11 is 0. The first kappa shape index (κ1) is 46.4. The minimum Gasteiger partial charge on any atom is -0.200 e. The van der Waals surface area contributed by atoms with Crippen LogP contribution < -0.4 is 0 Å². The number of unbranched alkanes of at least 4 members (excludes halogenated alkanes) is 7. The molecule has 0 amide bonds. The summed E-state index contributed by atoms with van der Waals surface area (Å²) in [5, 5.41) is 0. The van der Waals surface area contributed by atoms with Crippen LogP contribution in [0.4, 0.5) is 101 Å². The molecule has 0 aromatic rings. The Morgan fingerprint density at radius 3 is 0.875 bits per heavy atom. The van der Waals surface area contributed by atoms with Crippen molar-refractivity contribution in [3.63, 3.8) is 0 Å². The molecule has 0 aliphatic carbocycles. The summed E-state index contributed by atoms with van der Waals surface area (Å²) in [5.74, 6) is -86.4. The van der Waals surface area contributed by atoms with Gasteiger partial charge in [-0.1, -0.05) is 71.6 Å². The van der Waals surface area contributed by atoms with Crippen molar-refractivity contribution in [3.8, 4) is 0 Å². The van der Waals surface area contributed by atoms with Crippen molar-refractivity contribution in [2.45, 2.75) is 150 Å². The summed E-state index contributed by atoms with van der Waals surface area (Å²) in [6.45, 7) is 3.96. The third-order valence-electron chi connectivity index (χ3n) is 7.60. The third kappa shape index (κ3) is 7.67. The number of halogens is 23. The molecule has 0 nitrogen and oxygen atoms in total. The molecular weight excluding hydrogens is 737 g/mol. The highest BCUT2D eigenvalue weighted by Crippen LogP contribution is 2.67. The maximum atomic E-state index is 14.0. The minimum atomic E-state index is -9.36. The lowest BCUT2D eigenvalue weighted by Gasteiger charge is -2.45. The van der Waals surface area contributed by atoms with Gasteiger partial charge in [-0.25, -0.2) is 0 Å². The Morgan fingerprint density at radius 2 is 0.583 bits per heavy atom. The van der Waals surface area contributed by atoms with E-state index >= 15 is 0 Å². The Hall–Kier alpha value is -1.61. The van der Waals surface area contributed by atoms with Crippen LogP contribution in [0.5, 0.6) is 0 Å². The highest BCUT2D eigenvalue weighted by atomic mass is 19.4. The zero-order valence-electron chi connectivity index (χ0n) is 24.5. The summed E-state index contributed by atoms with van der Waals surface area (Å²) in [4.78, 5) is 0. The van der Waals surface area contributed by atoms with Crippen LogP contribution in [0.3, 0.4) is 0 Å². The molecular formula is C25H29F23. The molecule has 0 saturated carbocycles. The van der Waals surface area contributed by atoms with Gasteiger partial charge >= 0.3 is 65.4 Å². The highest BCUT2D eigenvalue weighted by molar-refractivity contribution is 5.18. The van der Waals surface area contributed by atoms with Crippen LogP contribution in [0.1, 0.15) is 84.5 Å². The molecule has 0 spiro atoms. The van der Waals surface area contributed by atoms with E-state index in [0.717, 1.165) is 25.7 Å². The van der Waals surface area contributed by atoms with Crippen molar-refractivity contribution in [2.24, 2.45) is 5.92 Å². The van der Waals surface area contributed by atoms with Crippen LogP contribution in [0, 0.1) is 5.92 Å². The Balaban J connectivity index is 6.11. The fraction of sp³-hybridized carbons (Fsp3) is 1.00. The van der Waals surface area contributed by atoms with E-state index in [1.807, 2.05) is 13.8 Å². The molecule has 0 rings (SSSR count). The minimum absolute atomic E-state index is 0.0643. The summed E-state index contributed by atoms with van der Waals surface area (Å²) in [6.07, 6.45) is -7.75. The van der Waals surface area contributed by atoms with Crippen molar-refractivity contribution in [1.82, 2.24) is 0 Å². The standard InChI is InChI=1S/C25H29F23/c1-3-14(2)12-10-8-6-4-5-7-9-11-13-15(26,27)16(28,29)17(30,31)18(32,33)19(34,35)20(36,37)21(38,39)22(40,41)23(42,43)24(44,45)25(46,47)48/h14H,3-13H2,1-2H3. The van der Waals surface area contributed by atoms with Gasteiger partial charge < -0.3 is 0 Å². The van der Waals surface area contributed by atoms with Crippen molar-refractivity contribution < 1.29 is 101 Å². The molecule has 0 aliphatic rings. The van der Waals surface area contributed by atoms with Crippen LogP contribution in [-0.4, -0.2) is 65.4 Å². The molecule has 290 valence electrons. The molecule has 0 bridgehead atoms. The average molecular weight is 766 g/mol. The maximum absolute atomic E-state index is 14.0. The number of alkyl halides is 23. The molecule has 0 fully saturated rings. The van der Waals surface area contributed by atoms with E-state index in [4.69, 9.17) is 0 Å². The molecule has 0 heterocycles. The van der Waals surface area contributed by atoms with Crippen LogP contribution in [0.15, 0.2) is 0 Å². The lowest BCUT2D eigenvalue weighted by atomic mass is 9.84. The van der Waals surface area contributed by atoms with E-state index in [9.17, 15) is 101 Å². The topological polar surface area (TPSA) is 0 Å². The largest absolute Gasteiger partial charge is 0.460 e. The summed E-state index contributed by atoms with van der Waals surface area (Å²) in [6, 6.07) is 0. The number of hydrogen-bond donors (Lipinski definition) is 0. The van der Waals surface area contributed by atoms with Gasteiger partial charge in [0.25, 0.3) is 0 Å². The number of hydrogen-bond acceptors (Lipinski definition) is 0. The molecule has 1 atom stereocenters. The molecule has 0 aliphatic heterocycles. The predicted molar refractivity (Wildman–Crippen MR) is 121 cm³/mol. The lowest BCUT2D eigenvalue weighted by Crippen LogP contribution is -2.77. The van der Waals surface area contributed by atoms with Gasteiger partial charge in [0.15, 0.2) is 0 Å². The van der Waals surface area contributed by atoms with Gasteiger partial charge in [-0.15, -0.1) is 0 Å². The zero-order chi connectivity index (χ0) is 38.9. The summed E-state index contributed by atoms with van der Waals surface area (Å²) < 4.78 is 310. The van der Waals surface area contributed by atoms with Gasteiger partial charge in [0.2, 0.25) is 0 Å². The summed E-state index contributed by atoms with van der Waals surface area (Å²) in [7, 11) is 0. The molecule has 0 radical (unpaired) electrons. The van der Waals surface area contributed by atoms with E-state index in [1.165, 1.54) is 0 Å². The predicted octanol–water partition coefficient (Wildman–Crippen LogP) is 12.8. The van der Waals surface area contributed by atoms with E-state index < -0.39 is 84.7 Å². The third-order valence-corrected chi connectivity index (χ3v) is 7.60. The van der Waals surface area contributed by atoms with Gasteiger partial charge in [0.1, 0.15) is 0 Å². The Kier molecular flexibility index (Phi) is 14.1. The molecule has 23 heteroatoms. The smallest absolute Gasteiger partial charge is 0.200 e. The first-order valence-electron chi connectivity index (χ1n) is 13.8. The fourth-order valence-electron chi connectivity index (χ4n) is 4.05. The highest BCUT2D eigenvalue weighted by Gasteiger charge is 2.98. The average Bonchev–Trinajstić information content (AvgIpc) is 2.92. The van der Waals surface area contributed by atoms with Crippen molar-refractivity contribution in [2.75, 3.05) is 0 Å². The SMILES string of the molecule is CCC(C)CCCCCCCCCCC(F)(F)C(F)(F)C(F)(F)C(F)(F)C(F)(F)C(F)(F)C(F)(F)C(F)(F)C(F)(F)C(F)(F)C(F)(F)F. The normalized spacial score (nSPS) is 16.4. The van der Waals surface area contributed by atoms with Crippen LogP contribution in [-0.2, 0) is 0 Å². The van der Waals surface area contributed by atoms with E-state index in [0.29, 0.717) is 18.8 Å².